The van der Waals surface area contributed by atoms with Crippen LogP contribution in [0.3, 0.4) is 0 Å². The minimum atomic E-state index is -0.589. The maximum absolute atomic E-state index is 13.3. The van der Waals surface area contributed by atoms with Crippen molar-refractivity contribution in [3.8, 4) is 5.06 Å². The van der Waals surface area contributed by atoms with Crippen molar-refractivity contribution in [2.45, 2.75) is 57.5 Å². The molecule has 2 fully saturated rings. The highest BCUT2D eigenvalue weighted by atomic mass is 79.9. The second-order valence-corrected chi connectivity index (χ2v) is 11.4. The maximum atomic E-state index is 13.3. The van der Waals surface area contributed by atoms with E-state index in [1.165, 1.54) is 11.3 Å². The number of carbonyl (C=O) groups is 3. The third-order valence-electron chi connectivity index (χ3n) is 6.52. The molecule has 0 radical (unpaired) electrons. The molecule has 1 aromatic carbocycles. The third kappa shape index (κ3) is 6.23. The van der Waals surface area contributed by atoms with Gasteiger partial charge in [0, 0.05) is 43.4 Å². The number of aliphatic hydroxyl groups is 1. The SMILES string of the molecule is Cc1cc(N2CC(NC(=O)Oc3ccc(Br)s3)CC2=O)ccc1C(=O)N1CCCCC1CCCO. The number of piperidine rings is 1. The van der Waals surface area contributed by atoms with E-state index in [9.17, 15) is 19.5 Å². The molecule has 0 spiro atoms. The molecule has 2 aromatic rings. The lowest BCUT2D eigenvalue weighted by atomic mass is 9.96. The second-order valence-electron chi connectivity index (χ2n) is 9.01. The van der Waals surface area contributed by atoms with Crippen LogP contribution in [0.2, 0.25) is 0 Å². The van der Waals surface area contributed by atoms with Gasteiger partial charge in [0.15, 0.2) is 5.06 Å². The van der Waals surface area contributed by atoms with Crippen molar-refractivity contribution >= 4 is 50.9 Å². The summed E-state index contributed by atoms with van der Waals surface area (Å²) in [5, 5.41) is 12.4. The Balaban J connectivity index is 1.39. The van der Waals surface area contributed by atoms with E-state index in [2.05, 4.69) is 21.2 Å². The summed E-state index contributed by atoms with van der Waals surface area (Å²) in [5.74, 6) is -0.0836. The Bertz CT molecular complexity index is 1090. The zero-order valence-electron chi connectivity index (χ0n) is 19.7. The number of thiophene rings is 1. The lowest BCUT2D eigenvalue weighted by molar-refractivity contribution is -0.117. The van der Waals surface area contributed by atoms with Gasteiger partial charge in [0.1, 0.15) is 0 Å². The molecule has 2 aliphatic rings. The van der Waals surface area contributed by atoms with Crippen LogP contribution in [0.1, 0.15) is 54.4 Å². The molecule has 2 unspecified atom stereocenters. The van der Waals surface area contributed by atoms with Crippen LogP contribution in [0, 0.1) is 6.92 Å². The van der Waals surface area contributed by atoms with Gasteiger partial charge in [-0.15, -0.1) is 0 Å². The first-order chi connectivity index (χ1) is 16.9. The van der Waals surface area contributed by atoms with Gasteiger partial charge in [-0.05, 0) is 90.9 Å². The summed E-state index contributed by atoms with van der Waals surface area (Å²) in [6.45, 7) is 3.09. The molecule has 2 saturated heterocycles. The summed E-state index contributed by atoms with van der Waals surface area (Å²) < 4.78 is 6.14. The largest absolute Gasteiger partial charge is 0.413 e. The average molecular weight is 565 g/mol. The summed E-state index contributed by atoms with van der Waals surface area (Å²) in [7, 11) is 0. The zero-order chi connectivity index (χ0) is 24.9. The number of carbonyl (C=O) groups excluding carboxylic acids is 3. The van der Waals surface area contributed by atoms with E-state index in [0.717, 1.165) is 41.6 Å². The molecule has 10 heteroatoms. The molecule has 2 aliphatic heterocycles. The van der Waals surface area contributed by atoms with E-state index in [-0.39, 0.29) is 36.9 Å². The number of amides is 3. The Morgan fingerprint density at radius 3 is 2.80 bits per heavy atom. The minimum Gasteiger partial charge on any atom is -0.399 e. The van der Waals surface area contributed by atoms with Gasteiger partial charge in [-0.25, -0.2) is 4.79 Å². The molecular formula is C25H30BrN3O5S. The first-order valence-corrected chi connectivity index (χ1v) is 13.5. The van der Waals surface area contributed by atoms with Crippen LogP contribution in [-0.4, -0.2) is 59.7 Å². The highest BCUT2D eigenvalue weighted by Crippen LogP contribution is 2.30. The number of halogens is 1. The number of likely N-dealkylation sites (tertiary alicyclic amines) is 1. The van der Waals surface area contributed by atoms with Crippen molar-refractivity contribution < 1.29 is 24.2 Å². The van der Waals surface area contributed by atoms with Crippen molar-refractivity contribution in [1.29, 1.82) is 0 Å². The predicted molar refractivity (Wildman–Crippen MR) is 138 cm³/mol. The summed E-state index contributed by atoms with van der Waals surface area (Å²) in [4.78, 5) is 41.8. The Labute approximate surface area is 217 Å². The predicted octanol–water partition coefficient (Wildman–Crippen LogP) is 4.48. The number of nitrogens with one attached hydrogen (secondary N) is 1. The van der Waals surface area contributed by atoms with Gasteiger partial charge in [-0.1, -0.05) is 11.3 Å². The van der Waals surface area contributed by atoms with Crippen LogP contribution in [-0.2, 0) is 4.79 Å². The van der Waals surface area contributed by atoms with Crippen molar-refractivity contribution in [2.24, 2.45) is 0 Å². The Morgan fingerprint density at radius 2 is 2.09 bits per heavy atom. The second kappa shape index (κ2) is 11.5. The standard InChI is InChI=1S/C25H30BrN3O5S/c1-16-13-19(7-8-20(16)24(32)28-11-3-2-5-18(28)6-4-12-30)29-15-17(14-22(29)31)27-25(33)34-23-10-9-21(26)35-23/h7-10,13,17-18,30H,2-6,11-12,14-15H2,1H3,(H,27,33). The van der Waals surface area contributed by atoms with Crippen LogP contribution in [0.5, 0.6) is 5.06 Å². The molecule has 0 saturated carbocycles. The molecule has 0 bridgehead atoms. The Hall–Kier alpha value is -2.43. The molecule has 4 rings (SSSR count). The van der Waals surface area contributed by atoms with Crippen LogP contribution >= 0.6 is 27.3 Å². The molecule has 3 heterocycles. The number of benzene rings is 1. The molecule has 2 N–H and O–H groups in total. The highest BCUT2D eigenvalue weighted by molar-refractivity contribution is 9.11. The molecule has 8 nitrogen and oxygen atoms in total. The summed E-state index contributed by atoms with van der Waals surface area (Å²) in [5.41, 5.74) is 2.15. The van der Waals surface area contributed by atoms with E-state index < -0.39 is 6.09 Å². The van der Waals surface area contributed by atoms with E-state index in [0.29, 0.717) is 29.3 Å². The quantitative estimate of drug-likeness (QED) is 0.517. The zero-order valence-corrected chi connectivity index (χ0v) is 22.1. The molecule has 35 heavy (non-hydrogen) atoms. The normalized spacial score (nSPS) is 20.3. The molecule has 1 aromatic heterocycles. The smallest absolute Gasteiger partial charge is 0.399 e. The van der Waals surface area contributed by atoms with Crippen LogP contribution < -0.4 is 15.0 Å². The molecule has 3 amide bonds. The maximum Gasteiger partial charge on any atom is 0.413 e. The topological polar surface area (TPSA) is 99.2 Å². The van der Waals surface area contributed by atoms with E-state index in [4.69, 9.17) is 4.74 Å². The number of aliphatic hydroxyl groups excluding tert-OH is 1. The highest BCUT2D eigenvalue weighted by Gasteiger charge is 2.33. The minimum absolute atomic E-state index is 0.00643. The van der Waals surface area contributed by atoms with E-state index in [1.807, 2.05) is 17.9 Å². The van der Waals surface area contributed by atoms with Gasteiger partial charge in [0.2, 0.25) is 5.91 Å². The van der Waals surface area contributed by atoms with Gasteiger partial charge >= 0.3 is 6.09 Å². The number of nitrogens with zero attached hydrogens (tertiary/aromatic N) is 2. The number of hydrogen-bond donors (Lipinski definition) is 2. The van der Waals surface area contributed by atoms with E-state index in [1.54, 1.807) is 29.2 Å². The fourth-order valence-corrected chi connectivity index (χ4v) is 5.99. The first kappa shape index (κ1) is 25.7. The fourth-order valence-electron chi connectivity index (χ4n) is 4.80. The molecule has 188 valence electrons. The lowest BCUT2D eigenvalue weighted by Gasteiger charge is -2.36. The number of ether oxygens (including phenoxy) is 1. The van der Waals surface area contributed by atoms with Gasteiger partial charge in [0.25, 0.3) is 5.91 Å². The van der Waals surface area contributed by atoms with Gasteiger partial charge in [0.05, 0.1) is 9.83 Å². The monoisotopic (exact) mass is 563 g/mol. The van der Waals surface area contributed by atoms with Crippen LogP contribution in [0.15, 0.2) is 34.1 Å². The fraction of sp³-hybridized carbons (Fsp3) is 0.480. The average Bonchev–Trinajstić information content (AvgIpc) is 3.41. The number of hydrogen-bond acceptors (Lipinski definition) is 6. The van der Waals surface area contributed by atoms with Gasteiger partial charge in [-0.2, -0.15) is 0 Å². The van der Waals surface area contributed by atoms with Crippen molar-refractivity contribution in [3.05, 3.63) is 45.2 Å². The van der Waals surface area contributed by atoms with Crippen molar-refractivity contribution in [1.82, 2.24) is 10.2 Å². The van der Waals surface area contributed by atoms with E-state index >= 15 is 0 Å². The number of anilines is 1. The van der Waals surface area contributed by atoms with Crippen molar-refractivity contribution in [3.63, 3.8) is 0 Å². The lowest BCUT2D eigenvalue weighted by Crippen LogP contribution is -2.44. The summed E-state index contributed by atoms with van der Waals surface area (Å²) >= 11 is 4.63. The number of aryl methyl sites for hydroxylation is 1. The number of rotatable bonds is 7. The Morgan fingerprint density at radius 1 is 1.26 bits per heavy atom. The first-order valence-electron chi connectivity index (χ1n) is 11.9. The molecular weight excluding hydrogens is 534 g/mol. The Kier molecular flexibility index (Phi) is 8.46. The van der Waals surface area contributed by atoms with Crippen molar-refractivity contribution in [2.75, 3.05) is 24.6 Å². The van der Waals surface area contributed by atoms with Gasteiger partial charge in [-0.3, -0.25) is 9.59 Å². The summed E-state index contributed by atoms with van der Waals surface area (Å²) in [6, 6.07) is 8.75. The third-order valence-corrected chi connectivity index (χ3v) is 8.03. The molecule has 2 atom stereocenters. The van der Waals surface area contributed by atoms with Gasteiger partial charge < -0.3 is 25.0 Å². The molecule has 0 aliphatic carbocycles. The van der Waals surface area contributed by atoms with Crippen LogP contribution in [0.25, 0.3) is 0 Å². The summed E-state index contributed by atoms with van der Waals surface area (Å²) in [6.07, 6.45) is 4.14. The van der Waals surface area contributed by atoms with Crippen LogP contribution in [0.4, 0.5) is 10.5 Å².